The van der Waals surface area contributed by atoms with Crippen molar-refractivity contribution >= 4 is 0 Å². The van der Waals surface area contributed by atoms with Crippen LogP contribution >= 0.6 is 0 Å². The van der Waals surface area contributed by atoms with Gasteiger partial charge in [-0.25, -0.2) is 0 Å². The topological polar surface area (TPSA) is 15.3 Å². The number of hydrogen-bond acceptors (Lipinski definition) is 2. The highest BCUT2D eigenvalue weighted by atomic mass is 15.1. The lowest BCUT2D eigenvalue weighted by Crippen LogP contribution is -2.37. The second-order valence-corrected chi connectivity index (χ2v) is 5.06. The van der Waals surface area contributed by atoms with Crippen LogP contribution in [0, 0.1) is 0 Å². The number of hydrogen-bond donors (Lipinski definition) is 1. The van der Waals surface area contributed by atoms with E-state index in [4.69, 9.17) is 0 Å². The molecule has 1 aliphatic rings. The zero-order chi connectivity index (χ0) is 11.8. The summed E-state index contributed by atoms with van der Waals surface area (Å²) < 4.78 is 0. The third-order valence-corrected chi connectivity index (χ3v) is 3.40. The van der Waals surface area contributed by atoms with Gasteiger partial charge < -0.3 is 10.2 Å². The average molecular weight is 224 g/mol. The van der Waals surface area contributed by atoms with Crippen LogP contribution in [-0.2, 0) is 0 Å². The quantitative estimate of drug-likeness (QED) is 0.698. The summed E-state index contributed by atoms with van der Waals surface area (Å²) in [6.45, 7) is 12.2. The number of rotatable bonds is 6. The zero-order valence-corrected chi connectivity index (χ0v) is 11.0. The summed E-state index contributed by atoms with van der Waals surface area (Å²) in [4.78, 5) is 2.61. The lowest BCUT2D eigenvalue weighted by Gasteiger charge is -2.22. The molecule has 0 radical (unpaired) electrons. The standard InChI is InChI=1S/C14H28N2/c1-4-7-13(3)15-14-8-6-11-16(10-5-2)12-9-14/h4,13-15H,1,5-12H2,2-3H3. The van der Waals surface area contributed by atoms with Crippen molar-refractivity contribution in [3.05, 3.63) is 12.7 Å². The fourth-order valence-corrected chi connectivity index (χ4v) is 2.58. The van der Waals surface area contributed by atoms with Crippen molar-refractivity contribution in [2.75, 3.05) is 19.6 Å². The van der Waals surface area contributed by atoms with E-state index >= 15 is 0 Å². The summed E-state index contributed by atoms with van der Waals surface area (Å²) in [5.74, 6) is 0. The molecule has 16 heavy (non-hydrogen) atoms. The van der Waals surface area contributed by atoms with Crippen molar-refractivity contribution in [2.24, 2.45) is 0 Å². The number of likely N-dealkylation sites (tertiary alicyclic amines) is 1. The summed E-state index contributed by atoms with van der Waals surface area (Å²) in [6.07, 6.45) is 8.36. The summed E-state index contributed by atoms with van der Waals surface area (Å²) >= 11 is 0. The predicted octanol–water partition coefficient (Wildman–Crippen LogP) is 2.81. The molecule has 0 amide bonds. The van der Waals surface area contributed by atoms with Crippen LogP contribution in [0.2, 0.25) is 0 Å². The Morgan fingerprint density at radius 2 is 2.25 bits per heavy atom. The summed E-state index contributed by atoms with van der Waals surface area (Å²) in [7, 11) is 0. The summed E-state index contributed by atoms with van der Waals surface area (Å²) in [5.41, 5.74) is 0. The van der Waals surface area contributed by atoms with Crippen LogP contribution in [0.3, 0.4) is 0 Å². The van der Waals surface area contributed by atoms with Gasteiger partial charge in [-0.1, -0.05) is 13.0 Å². The molecule has 1 rings (SSSR count). The lowest BCUT2D eigenvalue weighted by atomic mass is 10.1. The Hall–Kier alpha value is -0.340. The molecule has 0 saturated carbocycles. The van der Waals surface area contributed by atoms with Gasteiger partial charge in [0.1, 0.15) is 0 Å². The van der Waals surface area contributed by atoms with E-state index in [1.54, 1.807) is 0 Å². The fraction of sp³-hybridized carbons (Fsp3) is 0.857. The summed E-state index contributed by atoms with van der Waals surface area (Å²) in [6, 6.07) is 1.30. The van der Waals surface area contributed by atoms with E-state index in [1.165, 1.54) is 45.3 Å². The highest BCUT2D eigenvalue weighted by Gasteiger charge is 2.17. The van der Waals surface area contributed by atoms with Gasteiger partial charge in [0, 0.05) is 12.1 Å². The first-order valence-corrected chi connectivity index (χ1v) is 6.85. The Morgan fingerprint density at radius 1 is 1.44 bits per heavy atom. The molecule has 1 fully saturated rings. The van der Waals surface area contributed by atoms with E-state index in [-0.39, 0.29) is 0 Å². The molecule has 1 saturated heterocycles. The maximum Gasteiger partial charge on any atom is 0.00823 e. The van der Waals surface area contributed by atoms with Crippen LogP contribution in [-0.4, -0.2) is 36.6 Å². The molecule has 0 aliphatic carbocycles. The first-order chi connectivity index (χ1) is 7.76. The minimum Gasteiger partial charge on any atom is -0.311 e. The monoisotopic (exact) mass is 224 g/mol. The highest BCUT2D eigenvalue weighted by Crippen LogP contribution is 2.12. The van der Waals surface area contributed by atoms with Crippen LogP contribution in [0.5, 0.6) is 0 Å². The maximum atomic E-state index is 3.80. The van der Waals surface area contributed by atoms with E-state index in [2.05, 4.69) is 30.6 Å². The van der Waals surface area contributed by atoms with Crippen LogP contribution < -0.4 is 5.32 Å². The summed E-state index contributed by atoms with van der Waals surface area (Å²) in [5, 5.41) is 3.72. The van der Waals surface area contributed by atoms with Crippen LogP contribution in [0.4, 0.5) is 0 Å². The normalized spacial score (nSPS) is 25.0. The smallest absolute Gasteiger partial charge is 0.00823 e. The maximum absolute atomic E-state index is 3.80. The van der Waals surface area contributed by atoms with Crippen LogP contribution in [0.1, 0.15) is 46.0 Å². The molecular weight excluding hydrogens is 196 g/mol. The van der Waals surface area contributed by atoms with Gasteiger partial charge in [-0.3, -0.25) is 0 Å². The predicted molar refractivity (Wildman–Crippen MR) is 71.8 cm³/mol. The Labute approximate surface area is 101 Å². The van der Waals surface area contributed by atoms with Crippen molar-refractivity contribution < 1.29 is 0 Å². The van der Waals surface area contributed by atoms with E-state index < -0.39 is 0 Å². The average Bonchev–Trinajstić information content (AvgIpc) is 2.45. The molecule has 0 aromatic heterocycles. The third kappa shape index (κ3) is 5.13. The van der Waals surface area contributed by atoms with Gasteiger partial charge in [0.25, 0.3) is 0 Å². The first-order valence-electron chi connectivity index (χ1n) is 6.85. The number of nitrogens with one attached hydrogen (secondary N) is 1. The lowest BCUT2D eigenvalue weighted by molar-refractivity contribution is 0.281. The number of nitrogens with zero attached hydrogens (tertiary/aromatic N) is 1. The molecule has 1 heterocycles. The molecule has 0 aromatic rings. The Morgan fingerprint density at radius 3 is 2.94 bits per heavy atom. The van der Waals surface area contributed by atoms with Crippen LogP contribution in [0.15, 0.2) is 12.7 Å². The Kier molecular flexibility index (Phi) is 6.74. The SMILES string of the molecule is C=CCC(C)NC1CCCN(CCC)CC1. The van der Waals surface area contributed by atoms with Gasteiger partial charge in [-0.15, -0.1) is 6.58 Å². The van der Waals surface area contributed by atoms with E-state index in [0.717, 1.165) is 12.5 Å². The van der Waals surface area contributed by atoms with Gasteiger partial charge in [0.15, 0.2) is 0 Å². The largest absolute Gasteiger partial charge is 0.311 e. The van der Waals surface area contributed by atoms with E-state index in [0.29, 0.717) is 6.04 Å². The molecule has 0 aromatic carbocycles. The minimum atomic E-state index is 0.584. The van der Waals surface area contributed by atoms with E-state index in [1.807, 2.05) is 6.08 Å². The van der Waals surface area contributed by atoms with Gasteiger partial charge in [0.2, 0.25) is 0 Å². The minimum absolute atomic E-state index is 0.584. The van der Waals surface area contributed by atoms with Crippen molar-refractivity contribution in [1.29, 1.82) is 0 Å². The van der Waals surface area contributed by atoms with Gasteiger partial charge in [-0.05, 0) is 58.7 Å². The molecular formula is C14H28N2. The van der Waals surface area contributed by atoms with Gasteiger partial charge in [0.05, 0.1) is 0 Å². The molecule has 2 nitrogen and oxygen atoms in total. The molecule has 0 bridgehead atoms. The molecule has 2 atom stereocenters. The molecule has 1 aliphatic heterocycles. The third-order valence-electron chi connectivity index (χ3n) is 3.40. The van der Waals surface area contributed by atoms with Crippen LogP contribution in [0.25, 0.3) is 0 Å². The van der Waals surface area contributed by atoms with Crippen molar-refractivity contribution in [3.8, 4) is 0 Å². The van der Waals surface area contributed by atoms with Gasteiger partial charge in [-0.2, -0.15) is 0 Å². The highest BCUT2D eigenvalue weighted by molar-refractivity contribution is 4.81. The molecule has 94 valence electrons. The second kappa shape index (κ2) is 7.86. The molecule has 1 N–H and O–H groups in total. The zero-order valence-electron chi connectivity index (χ0n) is 11.0. The molecule has 0 spiro atoms. The fourth-order valence-electron chi connectivity index (χ4n) is 2.58. The first kappa shape index (κ1) is 13.7. The Balaban J connectivity index is 2.26. The van der Waals surface area contributed by atoms with Crippen molar-refractivity contribution in [1.82, 2.24) is 10.2 Å². The second-order valence-electron chi connectivity index (χ2n) is 5.06. The van der Waals surface area contributed by atoms with E-state index in [9.17, 15) is 0 Å². The molecule has 2 heteroatoms. The van der Waals surface area contributed by atoms with Crippen molar-refractivity contribution in [3.63, 3.8) is 0 Å². The van der Waals surface area contributed by atoms with Crippen molar-refractivity contribution in [2.45, 2.75) is 58.0 Å². The molecule has 2 unspecified atom stereocenters. The Bertz CT molecular complexity index is 191. The van der Waals surface area contributed by atoms with Gasteiger partial charge >= 0.3 is 0 Å².